The number of nitrogens with one attached hydrogen (secondary N) is 3. The molecular formula is C38H45N3O5. The summed E-state index contributed by atoms with van der Waals surface area (Å²) in [6.45, 7) is 0.528. The molecule has 1 unspecified atom stereocenters. The molecule has 8 heteroatoms. The SMILES string of the molecule is O=C(NC1c2ccccc2C[C@H]1O)[C@@H](Cc1ccccc1)C[C@H](O)CNC(=O)[C@@H]1[C@H]2CC[C@H](C2)[C@H]1C(=O)NCCc1ccccc1. The van der Waals surface area contributed by atoms with Gasteiger partial charge in [0.25, 0.3) is 0 Å². The van der Waals surface area contributed by atoms with Crippen LogP contribution in [0, 0.1) is 29.6 Å². The van der Waals surface area contributed by atoms with Gasteiger partial charge in [-0.05, 0) is 72.6 Å². The van der Waals surface area contributed by atoms with Gasteiger partial charge in [-0.1, -0.05) is 84.9 Å². The van der Waals surface area contributed by atoms with Gasteiger partial charge in [-0.25, -0.2) is 0 Å². The molecule has 2 saturated carbocycles. The molecule has 3 amide bonds. The van der Waals surface area contributed by atoms with Gasteiger partial charge >= 0.3 is 0 Å². The first kappa shape index (κ1) is 32.0. The number of fused-ring (bicyclic) bond motifs is 3. The maximum atomic E-state index is 13.7. The number of carbonyl (C=O) groups is 3. The monoisotopic (exact) mass is 623 g/mol. The second-order valence-corrected chi connectivity index (χ2v) is 13.4. The molecule has 242 valence electrons. The van der Waals surface area contributed by atoms with Crippen LogP contribution in [0.5, 0.6) is 0 Å². The zero-order valence-corrected chi connectivity index (χ0v) is 26.2. The van der Waals surface area contributed by atoms with Gasteiger partial charge in [0.05, 0.1) is 30.1 Å². The maximum Gasteiger partial charge on any atom is 0.224 e. The van der Waals surface area contributed by atoms with Gasteiger partial charge < -0.3 is 26.2 Å². The zero-order valence-electron chi connectivity index (χ0n) is 26.2. The van der Waals surface area contributed by atoms with Crippen molar-refractivity contribution in [3.63, 3.8) is 0 Å². The molecule has 3 aliphatic carbocycles. The summed E-state index contributed by atoms with van der Waals surface area (Å²) in [4.78, 5) is 40.5. The van der Waals surface area contributed by atoms with E-state index in [0.717, 1.165) is 47.9 Å². The Morgan fingerprint density at radius 2 is 1.39 bits per heavy atom. The summed E-state index contributed by atoms with van der Waals surface area (Å²) < 4.78 is 0. The van der Waals surface area contributed by atoms with E-state index in [1.807, 2.05) is 84.9 Å². The van der Waals surface area contributed by atoms with Crippen molar-refractivity contribution < 1.29 is 24.6 Å². The van der Waals surface area contributed by atoms with E-state index in [-0.39, 0.29) is 48.4 Å². The fourth-order valence-corrected chi connectivity index (χ4v) is 8.09. The number of aliphatic hydroxyl groups excluding tert-OH is 2. The van der Waals surface area contributed by atoms with Crippen LogP contribution >= 0.6 is 0 Å². The van der Waals surface area contributed by atoms with E-state index < -0.39 is 30.1 Å². The van der Waals surface area contributed by atoms with Gasteiger partial charge in [0, 0.05) is 25.4 Å². The highest BCUT2D eigenvalue weighted by atomic mass is 16.3. The second-order valence-electron chi connectivity index (χ2n) is 13.4. The Labute approximate surface area is 271 Å². The summed E-state index contributed by atoms with van der Waals surface area (Å²) in [5, 5.41) is 30.9. The molecule has 8 nitrogen and oxygen atoms in total. The first-order valence-electron chi connectivity index (χ1n) is 16.7. The lowest BCUT2D eigenvalue weighted by Gasteiger charge is -2.30. The predicted octanol–water partition coefficient (Wildman–Crippen LogP) is 3.51. The van der Waals surface area contributed by atoms with Crippen LogP contribution in [0.1, 0.15) is 54.0 Å². The van der Waals surface area contributed by atoms with Gasteiger partial charge in [-0.3, -0.25) is 14.4 Å². The highest BCUT2D eigenvalue weighted by Crippen LogP contribution is 2.52. The Balaban J connectivity index is 1.06. The molecule has 3 aromatic rings. The average molecular weight is 624 g/mol. The Hall–Kier alpha value is -4.01. The van der Waals surface area contributed by atoms with Crippen molar-refractivity contribution in [2.75, 3.05) is 13.1 Å². The third-order valence-corrected chi connectivity index (χ3v) is 10.3. The summed E-state index contributed by atoms with van der Waals surface area (Å²) in [6.07, 6.45) is 2.89. The van der Waals surface area contributed by atoms with Crippen molar-refractivity contribution in [2.24, 2.45) is 29.6 Å². The number of rotatable bonds is 13. The summed E-state index contributed by atoms with van der Waals surface area (Å²) in [7, 11) is 0. The fourth-order valence-electron chi connectivity index (χ4n) is 8.09. The third kappa shape index (κ3) is 7.34. The number of amides is 3. The summed E-state index contributed by atoms with van der Waals surface area (Å²) in [6, 6.07) is 26.9. The summed E-state index contributed by atoms with van der Waals surface area (Å²) in [5.74, 6) is -1.45. The van der Waals surface area contributed by atoms with E-state index in [0.29, 0.717) is 19.4 Å². The van der Waals surface area contributed by atoms with E-state index in [1.54, 1.807) is 0 Å². The largest absolute Gasteiger partial charge is 0.391 e. The molecule has 0 heterocycles. The van der Waals surface area contributed by atoms with Crippen molar-refractivity contribution in [1.29, 1.82) is 0 Å². The standard InChI is InChI=1S/C38H45N3O5/c42-30(21-29(19-25-11-5-2-6-12-25)36(44)41-35-31-14-8-7-13-26(31)22-32(35)43)23-40-38(46)34-28-16-15-27(20-28)33(34)37(45)39-18-17-24-9-3-1-4-10-24/h1-14,27-30,32-35,42-43H,15-23H2,(H,39,45)(H,40,46)(H,41,44)/t27-,28+,29+,30+,32-,33-,34-,35?/m1/s1. The number of benzene rings is 3. The molecule has 6 rings (SSSR count). The lowest BCUT2D eigenvalue weighted by molar-refractivity contribution is -0.137. The van der Waals surface area contributed by atoms with Crippen LogP contribution in [0.2, 0.25) is 0 Å². The Kier molecular flexibility index (Phi) is 10.1. The molecule has 2 bridgehead atoms. The molecule has 8 atom stereocenters. The molecule has 0 saturated heterocycles. The van der Waals surface area contributed by atoms with Gasteiger partial charge in [0.2, 0.25) is 17.7 Å². The average Bonchev–Trinajstić information content (AvgIpc) is 3.78. The maximum absolute atomic E-state index is 13.7. The van der Waals surface area contributed by atoms with E-state index >= 15 is 0 Å². The van der Waals surface area contributed by atoms with Crippen LogP contribution in [0.4, 0.5) is 0 Å². The van der Waals surface area contributed by atoms with Crippen molar-refractivity contribution in [1.82, 2.24) is 16.0 Å². The van der Waals surface area contributed by atoms with Gasteiger partial charge in [0.15, 0.2) is 0 Å². The number of aliphatic hydroxyl groups is 2. The van der Waals surface area contributed by atoms with Gasteiger partial charge in [-0.15, -0.1) is 0 Å². The number of carbonyl (C=O) groups excluding carboxylic acids is 3. The first-order valence-corrected chi connectivity index (χ1v) is 16.7. The van der Waals surface area contributed by atoms with Crippen LogP contribution in [-0.2, 0) is 33.6 Å². The topological polar surface area (TPSA) is 128 Å². The number of hydrogen-bond donors (Lipinski definition) is 5. The molecule has 0 radical (unpaired) electrons. The van der Waals surface area contributed by atoms with Crippen LogP contribution < -0.4 is 16.0 Å². The Morgan fingerprint density at radius 1 is 0.783 bits per heavy atom. The van der Waals surface area contributed by atoms with E-state index in [4.69, 9.17) is 0 Å². The first-order chi connectivity index (χ1) is 22.4. The molecular weight excluding hydrogens is 578 g/mol. The second kappa shape index (κ2) is 14.6. The predicted molar refractivity (Wildman–Crippen MR) is 175 cm³/mol. The Bertz CT molecular complexity index is 1500. The summed E-state index contributed by atoms with van der Waals surface area (Å²) >= 11 is 0. The molecule has 3 aromatic carbocycles. The smallest absolute Gasteiger partial charge is 0.224 e. The summed E-state index contributed by atoms with van der Waals surface area (Å²) in [5.41, 5.74) is 4.06. The molecule has 0 aliphatic heterocycles. The fraction of sp³-hybridized carbons (Fsp3) is 0.447. The molecule has 2 fully saturated rings. The van der Waals surface area contributed by atoms with E-state index in [1.165, 1.54) is 0 Å². The lowest BCUT2D eigenvalue weighted by Crippen LogP contribution is -2.47. The van der Waals surface area contributed by atoms with E-state index in [2.05, 4.69) is 16.0 Å². The van der Waals surface area contributed by atoms with Crippen LogP contribution in [0.3, 0.4) is 0 Å². The molecule has 5 N–H and O–H groups in total. The quantitative estimate of drug-likeness (QED) is 0.199. The third-order valence-electron chi connectivity index (χ3n) is 10.3. The van der Waals surface area contributed by atoms with Crippen molar-refractivity contribution in [2.45, 2.75) is 63.2 Å². The normalized spacial score (nSPS) is 25.8. The molecule has 46 heavy (non-hydrogen) atoms. The molecule has 3 aliphatic rings. The van der Waals surface area contributed by atoms with E-state index in [9.17, 15) is 24.6 Å². The van der Waals surface area contributed by atoms with Crippen LogP contribution in [0.15, 0.2) is 84.9 Å². The van der Waals surface area contributed by atoms with Crippen LogP contribution in [-0.4, -0.2) is 53.2 Å². The van der Waals surface area contributed by atoms with Gasteiger partial charge in [0.1, 0.15) is 0 Å². The minimum absolute atomic E-state index is 0.00250. The van der Waals surface area contributed by atoms with Crippen LogP contribution in [0.25, 0.3) is 0 Å². The Morgan fingerprint density at radius 3 is 2.09 bits per heavy atom. The van der Waals surface area contributed by atoms with Crippen molar-refractivity contribution in [3.05, 3.63) is 107 Å². The highest BCUT2D eigenvalue weighted by Gasteiger charge is 2.53. The van der Waals surface area contributed by atoms with Gasteiger partial charge in [-0.2, -0.15) is 0 Å². The molecule has 0 aromatic heterocycles. The lowest BCUT2D eigenvalue weighted by atomic mass is 9.78. The van der Waals surface area contributed by atoms with Crippen molar-refractivity contribution >= 4 is 17.7 Å². The number of hydrogen-bond acceptors (Lipinski definition) is 5. The molecule has 0 spiro atoms. The minimum Gasteiger partial charge on any atom is -0.391 e. The highest BCUT2D eigenvalue weighted by molar-refractivity contribution is 5.89. The minimum atomic E-state index is -0.957. The zero-order chi connectivity index (χ0) is 32.0. The van der Waals surface area contributed by atoms with Crippen molar-refractivity contribution in [3.8, 4) is 0 Å².